The first kappa shape index (κ1) is 8.77. The lowest BCUT2D eigenvalue weighted by Crippen LogP contribution is -1.67. The van der Waals surface area contributed by atoms with Crippen LogP contribution in [0.5, 0.6) is 0 Å². The van der Waals surface area contributed by atoms with Gasteiger partial charge >= 0.3 is 0 Å². The maximum absolute atomic E-state index is 5.63. The Bertz CT molecular complexity index is 128. The molecule has 0 bridgehead atoms. The second-order valence-corrected chi connectivity index (χ2v) is 2.68. The number of halogens is 1. The third kappa shape index (κ3) is 5.64. The van der Waals surface area contributed by atoms with Crippen LogP contribution >= 0.6 is 11.6 Å². The van der Waals surface area contributed by atoms with Crippen molar-refractivity contribution in [2.24, 2.45) is 0 Å². The average Bonchev–Trinajstić information content (AvgIpc) is 1.63. The van der Waals surface area contributed by atoms with E-state index in [1.54, 1.807) is 0 Å². The van der Waals surface area contributed by atoms with Gasteiger partial charge in [-0.3, -0.25) is 0 Å². The van der Waals surface area contributed by atoms with Crippen LogP contribution in [-0.4, -0.2) is 0 Å². The van der Waals surface area contributed by atoms with Crippen molar-refractivity contribution in [3.05, 3.63) is 22.8 Å². The molecule has 0 aliphatic heterocycles. The lowest BCUT2D eigenvalue weighted by Gasteiger charge is -1.89. The maximum atomic E-state index is 5.63. The van der Waals surface area contributed by atoms with Crippen molar-refractivity contribution in [1.29, 1.82) is 0 Å². The largest absolute Gasteiger partial charge is 0.0895 e. The van der Waals surface area contributed by atoms with E-state index in [4.69, 9.17) is 11.6 Å². The standard InChI is InChI=1S/C8H13Cl/c1-4-5-7(2)6-8(3)9/h5-6H,4H2,1-3H3/b7-5-,8-6-. The molecule has 0 amide bonds. The Hall–Kier alpha value is -0.230. The predicted molar refractivity (Wildman–Crippen MR) is 43.7 cm³/mol. The van der Waals surface area contributed by atoms with E-state index in [-0.39, 0.29) is 0 Å². The number of allylic oxidation sites excluding steroid dienone is 4. The van der Waals surface area contributed by atoms with Crippen molar-refractivity contribution in [3.63, 3.8) is 0 Å². The molecular weight excluding hydrogens is 132 g/mol. The molecule has 0 N–H and O–H groups in total. The molecule has 0 spiro atoms. The van der Waals surface area contributed by atoms with E-state index < -0.39 is 0 Å². The second kappa shape index (κ2) is 4.63. The molecule has 0 nitrogen and oxygen atoms in total. The van der Waals surface area contributed by atoms with Crippen LogP contribution in [0.15, 0.2) is 22.8 Å². The highest BCUT2D eigenvalue weighted by Gasteiger charge is 1.81. The van der Waals surface area contributed by atoms with Crippen LogP contribution in [0.1, 0.15) is 27.2 Å². The average molecular weight is 145 g/mol. The first-order chi connectivity index (χ1) is 4.16. The van der Waals surface area contributed by atoms with Gasteiger partial charge in [0.15, 0.2) is 0 Å². The summed E-state index contributed by atoms with van der Waals surface area (Å²) in [4.78, 5) is 0. The highest BCUT2D eigenvalue weighted by molar-refractivity contribution is 6.29. The molecule has 0 aliphatic carbocycles. The van der Waals surface area contributed by atoms with Gasteiger partial charge in [-0.25, -0.2) is 0 Å². The number of hydrogen-bond donors (Lipinski definition) is 0. The van der Waals surface area contributed by atoms with Crippen molar-refractivity contribution in [2.45, 2.75) is 27.2 Å². The summed E-state index contributed by atoms with van der Waals surface area (Å²) in [6.45, 7) is 6.05. The smallest absolute Gasteiger partial charge is 0.0152 e. The van der Waals surface area contributed by atoms with Crippen LogP contribution in [0.4, 0.5) is 0 Å². The quantitative estimate of drug-likeness (QED) is 0.521. The molecule has 0 atom stereocenters. The summed E-state index contributed by atoms with van der Waals surface area (Å²) in [6, 6.07) is 0. The van der Waals surface area contributed by atoms with Crippen LogP contribution in [0.2, 0.25) is 0 Å². The molecule has 52 valence electrons. The fourth-order valence-electron chi connectivity index (χ4n) is 0.695. The number of hydrogen-bond acceptors (Lipinski definition) is 0. The first-order valence-electron chi connectivity index (χ1n) is 3.17. The van der Waals surface area contributed by atoms with Crippen molar-refractivity contribution < 1.29 is 0 Å². The monoisotopic (exact) mass is 144 g/mol. The van der Waals surface area contributed by atoms with E-state index in [1.807, 2.05) is 13.0 Å². The molecule has 0 aromatic rings. The SMILES string of the molecule is CC/C=C(C)\C=C(\C)Cl. The first-order valence-corrected chi connectivity index (χ1v) is 3.55. The highest BCUT2D eigenvalue weighted by Crippen LogP contribution is 2.05. The van der Waals surface area contributed by atoms with Crippen molar-refractivity contribution >= 4 is 11.6 Å². The molecule has 1 heteroatoms. The molecule has 0 saturated carbocycles. The summed E-state index contributed by atoms with van der Waals surface area (Å²) in [5.74, 6) is 0. The summed E-state index contributed by atoms with van der Waals surface area (Å²) >= 11 is 5.63. The molecular formula is C8H13Cl. The summed E-state index contributed by atoms with van der Waals surface area (Å²) in [6.07, 6.45) is 5.18. The summed E-state index contributed by atoms with van der Waals surface area (Å²) < 4.78 is 0. The van der Waals surface area contributed by atoms with Gasteiger partial charge in [-0.15, -0.1) is 0 Å². The van der Waals surface area contributed by atoms with Gasteiger partial charge in [0.1, 0.15) is 0 Å². The lowest BCUT2D eigenvalue weighted by atomic mass is 10.2. The third-order valence-corrected chi connectivity index (χ3v) is 1.06. The Morgan fingerprint density at radius 3 is 2.33 bits per heavy atom. The normalized spacial score (nSPS) is 14.2. The van der Waals surface area contributed by atoms with E-state index in [1.165, 1.54) is 5.57 Å². The Labute approximate surface area is 62.2 Å². The van der Waals surface area contributed by atoms with Crippen molar-refractivity contribution in [1.82, 2.24) is 0 Å². The molecule has 9 heavy (non-hydrogen) atoms. The van der Waals surface area contributed by atoms with E-state index in [0.717, 1.165) is 11.5 Å². The number of rotatable bonds is 2. The van der Waals surface area contributed by atoms with Gasteiger partial charge < -0.3 is 0 Å². The van der Waals surface area contributed by atoms with Gasteiger partial charge in [-0.1, -0.05) is 30.2 Å². The Morgan fingerprint density at radius 1 is 1.44 bits per heavy atom. The molecule has 0 unspecified atom stereocenters. The second-order valence-electron chi connectivity index (χ2n) is 2.09. The molecule has 0 aliphatic rings. The van der Waals surface area contributed by atoms with Crippen LogP contribution in [0.3, 0.4) is 0 Å². The lowest BCUT2D eigenvalue weighted by molar-refractivity contribution is 1.20. The summed E-state index contributed by atoms with van der Waals surface area (Å²) in [7, 11) is 0. The van der Waals surface area contributed by atoms with Crippen molar-refractivity contribution in [3.8, 4) is 0 Å². The molecule has 0 heterocycles. The zero-order valence-corrected chi connectivity index (χ0v) is 7.00. The van der Waals surface area contributed by atoms with Gasteiger partial charge in [0.2, 0.25) is 0 Å². The Kier molecular flexibility index (Phi) is 4.51. The predicted octanol–water partition coefficient (Wildman–Crippen LogP) is 3.49. The molecule has 0 rings (SSSR count). The van der Waals surface area contributed by atoms with Gasteiger partial charge in [-0.2, -0.15) is 0 Å². The minimum atomic E-state index is 0.845. The van der Waals surface area contributed by atoms with Gasteiger partial charge in [0.05, 0.1) is 0 Å². The molecule has 0 saturated heterocycles. The Morgan fingerprint density at radius 2 is 2.00 bits per heavy atom. The molecule has 0 aromatic carbocycles. The fourth-order valence-corrected chi connectivity index (χ4v) is 0.867. The Balaban J connectivity index is 3.90. The van der Waals surface area contributed by atoms with Crippen LogP contribution in [0, 0.1) is 0 Å². The summed E-state index contributed by atoms with van der Waals surface area (Å²) in [5, 5.41) is 0.845. The van der Waals surface area contributed by atoms with Crippen LogP contribution < -0.4 is 0 Å². The summed E-state index contributed by atoms with van der Waals surface area (Å²) in [5.41, 5.74) is 1.24. The van der Waals surface area contributed by atoms with Gasteiger partial charge in [-0.05, 0) is 26.3 Å². The molecule has 0 radical (unpaired) electrons. The molecule has 0 fully saturated rings. The minimum Gasteiger partial charge on any atom is -0.0895 e. The van der Waals surface area contributed by atoms with E-state index >= 15 is 0 Å². The van der Waals surface area contributed by atoms with Gasteiger partial charge in [0.25, 0.3) is 0 Å². The molecule has 0 aromatic heterocycles. The van der Waals surface area contributed by atoms with Gasteiger partial charge in [0, 0.05) is 5.03 Å². The fraction of sp³-hybridized carbons (Fsp3) is 0.500. The van der Waals surface area contributed by atoms with E-state index in [9.17, 15) is 0 Å². The zero-order chi connectivity index (χ0) is 7.28. The third-order valence-electron chi connectivity index (χ3n) is 0.953. The topological polar surface area (TPSA) is 0 Å². The van der Waals surface area contributed by atoms with E-state index in [2.05, 4.69) is 19.9 Å². The van der Waals surface area contributed by atoms with Crippen LogP contribution in [-0.2, 0) is 0 Å². The minimum absolute atomic E-state index is 0.845. The maximum Gasteiger partial charge on any atom is 0.0152 e. The highest BCUT2D eigenvalue weighted by atomic mass is 35.5. The van der Waals surface area contributed by atoms with Crippen molar-refractivity contribution in [2.75, 3.05) is 0 Å². The van der Waals surface area contributed by atoms with Crippen LogP contribution in [0.25, 0.3) is 0 Å². The van der Waals surface area contributed by atoms with E-state index in [0.29, 0.717) is 0 Å². The zero-order valence-electron chi connectivity index (χ0n) is 6.24.